The number of hydrogen-bond donors (Lipinski definition) is 4. The molecule has 1 heterocycles. The Morgan fingerprint density at radius 1 is 1.23 bits per heavy atom. The minimum atomic E-state index is -1.04. The van der Waals surface area contributed by atoms with Gasteiger partial charge in [-0.25, -0.2) is 9.78 Å². The first-order valence-electron chi connectivity index (χ1n) is 8.33. The van der Waals surface area contributed by atoms with Gasteiger partial charge in [0.25, 0.3) is 0 Å². The first-order valence-corrected chi connectivity index (χ1v) is 9.28. The third kappa shape index (κ3) is 4.16. The Morgan fingerprint density at radius 2 is 1.85 bits per heavy atom. The molecule has 4 N–H and O–H groups in total. The van der Waals surface area contributed by atoms with Gasteiger partial charge in [-0.2, -0.15) is 0 Å². The van der Waals surface area contributed by atoms with Crippen molar-refractivity contribution in [3.8, 4) is 5.75 Å². The van der Waals surface area contributed by atoms with Crippen LogP contribution in [0.25, 0.3) is 0 Å². The van der Waals surface area contributed by atoms with Gasteiger partial charge in [0.15, 0.2) is 6.04 Å². The van der Waals surface area contributed by atoms with Crippen molar-refractivity contribution in [2.45, 2.75) is 51.5 Å². The van der Waals surface area contributed by atoms with Crippen LogP contribution in [0.5, 0.6) is 5.75 Å². The van der Waals surface area contributed by atoms with Crippen LogP contribution in [-0.2, 0) is 15.6 Å². The molecule has 6 nitrogen and oxygen atoms in total. The standard InChI is InChI=1S/C19H26N2O4S/c1-18(2,3)12-6-11(7-13(16(12)23)19(4,5)9-22)21-15(17(24)25)14-8-26-10-20-14/h6-8,10,15,21-23H,9H2,1-5H3,(H,24,25). The molecular weight excluding hydrogens is 352 g/mol. The van der Waals surface area contributed by atoms with E-state index in [1.54, 1.807) is 23.0 Å². The maximum absolute atomic E-state index is 11.7. The van der Waals surface area contributed by atoms with Crippen molar-refractivity contribution in [2.75, 3.05) is 11.9 Å². The number of carboxylic acid groups (broad SMARTS) is 1. The van der Waals surface area contributed by atoms with Gasteiger partial charge in [-0.05, 0) is 17.5 Å². The minimum Gasteiger partial charge on any atom is -0.507 e. The molecule has 0 aliphatic rings. The van der Waals surface area contributed by atoms with Gasteiger partial charge in [0.2, 0.25) is 0 Å². The number of carbonyl (C=O) groups is 1. The zero-order valence-corrected chi connectivity index (χ0v) is 16.5. The summed E-state index contributed by atoms with van der Waals surface area (Å²) in [7, 11) is 0. The molecule has 0 aliphatic heterocycles. The van der Waals surface area contributed by atoms with Gasteiger partial charge in [0, 0.05) is 27.6 Å². The SMILES string of the molecule is CC(C)(C)c1cc(NC(C(=O)O)c2cscn2)cc(C(C)(C)CO)c1O. The van der Waals surface area contributed by atoms with Gasteiger partial charge in [0.1, 0.15) is 5.75 Å². The molecule has 2 aromatic rings. The number of nitrogens with one attached hydrogen (secondary N) is 1. The largest absolute Gasteiger partial charge is 0.507 e. The average molecular weight is 378 g/mol. The van der Waals surface area contributed by atoms with Crippen LogP contribution < -0.4 is 5.32 Å². The van der Waals surface area contributed by atoms with Crippen LogP contribution in [0.3, 0.4) is 0 Å². The number of aliphatic hydroxyl groups excluding tert-OH is 1. The van der Waals surface area contributed by atoms with Crippen LogP contribution in [0.1, 0.15) is 57.5 Å². The van der Waals surface area contributed by atoms with Crippen molar-refractivity contribution in [3.63, 3.8) is 0 Å². The summed E-state index contributed by atoms with van der Waals surface area (Å²) in [6.45, 7) is 9.41. The summed E-state index contributed by atoms with van der Waals surface area (Å²) >= 11 is 1.33. The Hall–Kier alpha value is -2.12. The van der Waals surface area contributed by atoms with Crippen molar-refractivity contribution >= 4 is 23.0 Å². The predicted molar refractivity (Wildman–Crippen MR) is 103 cm³/mol. The quantitative estimate of drug-likeness (QED) is 0.572. The van der Waals surface area contributed by atoms with E-state index >= 15 is 0 Å². The van der Waals surface area contributed by atoms with E-state index < -0.39 is 17.4 Å². The van der Waals surface area contributed by atoms with E-state index in [4.69, 9.17) is 0 Å². The van der Waals surface area contributed by atoms with Crippen molar-refractivity contribution in [1.82, 2.24) is 4.98 Å². The molecule has 0 bridgehead atoms. The lowest BCUT2D eigenvalue weighted by atomic mass is 9.78. The number of carboxylic acids is 1. The molecule has 0 aliphatic carbocycles. The van der Waals surface area contributed by atoms with Crippen molar-refractivity contribution < 1.29 is 20.1 Å². The maximum atomic E-state index is 11.7. The summed E-state index contributed by atoms with van der Waals surface area (Å²) in [6, 6.07) is 2.46. The lowest BCUT2D eigenvalue weighted by Crippen LogP contribution is -2.25. The molecule has 1 aromatic carbocycles. The van der Waals surface area contributed by atoms with E-state index in [-0.39, 0.29) is 17.8 Å². The first kappa shape index (κ1) is 20.2. The number of nitrogens with zero attached hydrogens (tertiary/aromatic N) is 1. The molecule has 0 amide bonds. The summed E-state index contributed by atoms with van der Waals surface area (Å²) in [4.78, 5) is 15.8. The number of benzene rings is 1. The zero-order valence-electron chi connectivity index (χ0n) is 15.7. The third-order valence-electron chi connectivity index (χ3n) is 4.35. The fourth-order valence-corrected chi connectivity index (χ4v) is 3.26. The first-order chi connectivity index (χ1) is 12.0. The van der Waals surface area contributed by atoms with Crippen molar-refractivity contribution in [1.29, 1.82) is 0 Å². The highest BCUT2D eigenvalue weighted by atomic mass is 32.1. The van der Waals surface area contributed by atoms with E-state index in [0.29, 0.717) is 22.5 Å². The molecule has 0 saturated carbocycles. The monoisotopic (exact) mass is 378 g/mol. The van der Waals surface area contributed by atoms with E-state index in [1.165, 1.54) is 11.3 Å². The second-order valence-electron chi connectivity index (χ2n) is 8.04. The van der Waals surface area contributed by atoms with Crippen LogP contribution in [0.15, 0.2) is 23.0 Å². The number of phenols is 1. The van der Waals surface area contributed by atoms with Gasteiger partial charge in [-0.1, -0.05) is 34.6 Å². The van der Waals surface area contributed by atoms with E-state index in [1.807, 2.05) is 34.6 Å². The van der Waals surface area contributed by atoms with Crippen molar-refractivity contribution in [3.05, 3.63) is 39.8 Å². The second kappa shape index (κ2) is 7.25. The lowest BCUT2D eigenvalue weighted by molar-refractivity contribution is -0.138. The highest BCUT2D eigenvalue weighted by molar-refractivity contribution is 7.07. The van der Waals surface area contributed by atoms with Crippen molar-refractivity contribution in [2.24, 2.45) is 0 Å². The Balaban J connectivity index is 2.58. The molecule has 0 radical (unpaired) electrons. The Bertz CT molecular complexity index is 780. The lowest BCUT2D eigenvalue weighted by Gasteiger charge is -2.30. The average Bonchev–Trinajstić information content (AvgIpc) is 3.06. The van der Waals surface area contributed by atoms with Crippen LogP contribution >= 0.6 is 11.3 Å². The number of anilines is 1. The normalized spacial score (nSPS) is 13.5. The maximum Gasteiger partial charge on any atom is 0.332 e. The van der Waals surface area contributed by atoms with E-state index in [2.05, 4.69) is 10.3 Å². The van der Waals surface area contributed by atoms with E-state index in [0.717, 1.165) is 0 Å². The number of thiazole rings is 1. The molecular formula is C19H26N2O4S. The minimum absolute atomic E-state index is 0.127. The number of hydrogen-bond acceptors (Lipinski definition) is 6. The van der Waals surface area contributed by atoms with Gasteiger partial charge in [0.05, 0.1) is 17.8 Å². The molecule has 0 spiro atoms. The number of aromatic nitrogens is 1. The van der Waals surface area contributed by atoms with Crippen LogP contribution in [0, 0.1) is 0 Å². The summed E-state index contributed by atoms with van der Waals surface area (Å²) in [5, 5.41) is 34.8. The van der Waals surface area contributed by atoms with Gasteiger partial charge in [-0.15, -0.1) is 11.3 Å². The molecule has 26 heavy (non-hydrogen) atoms. The predicted octanol–water partition coefficient (Wildman–Crippen LogP) is 3.65. The van der Waals surface area contributed by atoms with Crippen LogP contribution in [-0.4, -0.2) is 32.9 Å². The van der Waals surface area contributed by atoms with E-state index in [9.17, 15) is 20.1 Å². The highest BCUT2D eigenvalue weighted by Gasteiger charge is 2.30. The fraction of sp³-hybridized carbons (Fsp3) is 0.474. The molecule has 142 valence electrons. The number of aromatic hydroxyl groups is 1. The highest BCUT2D eigenvalue weighted by Crippen LogP contribution is 2.41. The summed E-state index contributed by atoms with van der Waals surface area (Å²) in [5.74, 6) is -0.910. The van der Waals surface area contributed by atoms with Crippen LogP contribution in [0.2, 0.25) is 0 Å². The van der Waals surface area contributed by atoms with Gasteiger partial charge in [-0.3, -0.25) is 0 Å². The molecule has 2 rings (SSSR count). The molecule has 7 heteroatoms. The third-order valence-corrected chi connectivity index (χ3v) is 4.95. The number of rotatable bonds is 6. The molecule has 0 saturated heterocycles. The van der Waals surface area contributed by atoms with Gasteiger partial charge < -0.3 is 20.6 Å². The Labute approximate surface area is 157 Å². The summed E-state index contributed by atoms with van der Waals surface area (Å²) in [6.07, 6.45) is 0. The summed E-state index contributed by atoms with van der Waals surface area (Å²) in [5.41, 5.74) is 2.78. The molecule has 1 unspecified atom stereocenters. The smallest absolute Gasteiger partial charge is 0.332 e. The number of phenolic OH excluding ortho intramolecular Hbond substituents is 1. The summed E-state index contributed by atoms with van der Waals surface area (Å²) < 4.78 is 0. The van der Waals surface area contributed by atoms with Crippen LogP contribution in [0.4, 0.5) is 5.69 Å². The Kier molecular flexibility index (Phi) is 5.63. The zero-order chi connectivity index (χ0) is 19.7. The Morgan fingerprint density at radius 3 is 2.31 bits per heavy atom. The van der Waals surface area contributed by atoms with Gasteiger partial charge >= 0.3 is 5.97 Å². The topological polar surface area (TPSA) is 103 Å². The molecule has 0 fully saturated rings. The molecule has 1 atom stereocenters. The number of aliphatic hydroxyl groups is 1. The number of aliphatic carboxylic acids is 1. The fourth-order valence-electron chi connectivity index (χ4n) is 2.68. The second-order valence-corrected chi connectivity index (χ2v) is 8.76. The molecule has 1 aromatic heterocycles.